The van der Waals surface area contributed by atoms with Crippen LogP contribution in [0.2, 0.25) is 0 Å². The lowest BCUT2D eigenvalue weighted by atomic mass is 10.0. The van der Waals surface area contributed by atoms with Crippen LogP contribution in [0.1, 0.15) is 32.3 Å². The van der Waals surface area contributed by atoms with Gasteiger partial charge in [0.25, 0.3) is 0 Å². The van der Waals surface area contributed by atoms with Crippen molar-refractivity contribution in [1.29, 1.82) is 0 Å². The SMILES string of the molecule is CC(C)C(NC(=O)Cc1ccccc1)C(=O)N1CCN(C(=O)CN2C(=O)CCC2=O)CC1. The molecule has 0 aromatic heterocycles. The van der Waals surface area contributed by atoms with Crippen LogP contribution in [-0.2, 0) is 30.4 Å². The van der Waals surface area contributed by atoms with Crippen LogP contribution in [0.15, 0.2) is 30.3 Å². The van der Waals surface area contributed by atoms with E-state index in [9.17, 15) is 24.0 Å². The van der Waals surface area contributed by atoms with E-state index >= 15 is 0 Å². The summed E-state index contributed by atoms with van der Waals surface area (Å²) in [6, 6.07) is 8.70. The van der Waals surface area contributed by atoms with E-state index in [0.29, 0.717) is 26.2 Å². The number of carbonyl (C=O) groups is 5. The van der Waals surface area contributed by atoms with Crippen LogP contribution in [0.25, 0.3) is 0 Å². The van der Waals surface area contributed by atoms with E-state index in [1.165, 1.54) is 0 Å². The molecule has 2 heterocycles. The first kappa shape index (κ1) is 23.4. The molecule has 9 heteroatoms. The van der Waals surface area contributed by atoms with E-state index in [1.54, 1.807) is 9.80 Å². The number of hydrogen-bond acceptors (Lipinski definition) is 5. The number of carbonyl (C=O) groups excluding carboxylic acids is 5. The Balaban J connectivity index is 1.51. The monoisotopic (exact) mass is 442 g/mol. The van der Waals surface area contributed by atoms with Gasteiger partial charge < -0.3 is 15.1 Å². The topological polar surface area (TPSA) is 107 Å². The summed E-state index contributed by atoms with van der Waals surface area (Å²) >= 11 is 0. The Hall–Kier alpha value is -3.23. The number of benzene rings is 1. The molecule has 0 aliphatic carbocycles. The molecule has 0 bridgehead atoms. The highest BCUT2D eigenvalue weighted by atomic mass is 16.2. The minimum Gasteiger partial charge on any atom is -0.344 e. The Morgan fingerprint density at radius 2 is 1.47 bits per heavy atom. The number of nitrogens with zero attached hydrogens (tertiary/aromatic N) is 3. The van der Waals surface area contributed by atoms with Crippen LogP contribution >= 0.6 is 0 Å². The lowest BCUT2D eigenvalue weighted by molar-refractivity contribution is -0.147. The summed E-state index contributed by atoms with van der Waals surface area (Å²) in [5, 5.41) is 2.86. The Bertz CT molecular complexity index is 862. The first-order valence-corrected chi connectivity index (χ1v) is 11.0. The Morgan fingerprint density at radius 3 is 2.03 bits per heavy atom. The molecule has 0 spiro atoms. The smallest absolute Gasteiger partial charge is 0.245 e. The summed E-state index contributed by atoms with van der Waals surface area (Å²) in [6.45, 7) is 4.85. The Morgan fingerprint density at radius 1 is 0.906 bits per heavy atom. The summed E-state index contributed by atoms with van der Waals surface area (Å²) in [6.07, 6.45) is 0.509. The van der Waals surface area contributed by atoms with E-state index in [2.05, 4.69) is 5.32 Å². The van der Waals surface area contributed by atoms with E-state index < -0.39 is 6.04 Å². The highest BCUT2D eigenvalue weighted by Crippen LogP contribution is 2.14. The molecule has 172 valence electrons. The van der Waals surface area contributed by atoms with Crippen molar-refractivity contribution in [2.24, 2.45) is 5.92 Å². The summed E-state index contributed by atoms with van der Waals surface area (Å²) in [7, 11) is 0. The first-order chi connectivity index (χ1) is 15.3. The van der Waals surface area contributed by atoms with Crippen LogP contribution < -0.4 is 5.32 Å². The fourth-order valence-corrected chi connectivity index (χ4v) is 3.93. The van der Waals surface area contributed by atoms with Crippen molar-refractivity contribution in [3.8, 4) is 0 Å². The van der Waals surface area contributed by atoms with E-state index in [0.717, 1.165) is 10.5 Å². The third-order valence-corrected chi connectivity index (χ3v) is 5.85. The van der Waals surface area contributed by atoms with Gasteiger partial charge in [0, 0.05) is 39.0 Å². The Labute approximate surface area is 187 Å². The maximum absolute atomic E-state index is 13.1. The molecule has 2 aliphatic rings. The Kier molecular flexibility index (Phi) is 7.61. The number of imide groups is 1. The van der Waals surface area contributed by atoms with Crippen molar-refractivity contribution >= 4 is 29.5 Å². The second-order valence-electron chi connectivity index (χ2n) is 8.53. The summed E-state index contributed by atoms with van der Waals surface area (Å²) in [5.74, 6) is -1.40. The van der Waals surface area contributed by atoms with E-state index in [1.807, 2.05) is 44.2 Å². The highest BCUT2D eigenvalue weighted by molar-refractivity contribution is 6.04. The molecular formula is C23H30N4O5. The van der Waals surface area contributed by atoms with Gasteiger partial charge in [0.05, 0.1) is 6.42 Å². The van der Waals surface area contributed by atoms with Gasteiger partial charge in [0.2, 0.25) is 29.5 Å². The van der Waals surface area contributed by atoms with Gasteiger partial charge >= 0.3 is 0 Å². The molecule has 3 rings (SSSR count). The second-order valence-corrected chi connectivity index (χ2v) is 8.53. The van der Waals surface area contributed by atoms with Gasteiger partial charge in [-0.3, -0.25) is 28.9 Å². The minimum atomic E-state index is -0.645. The van der Waals surface area contributed by atoms with Crippen molar-refractivity contribution in [2.45, 2.75) is 39.2 Å². The molecule has 1 aromatic rings. The van der Waals surface area contributed by atoms with Crippen molar-refractivity contribution in [3.05, 3.63) is 35.9 Å². The maximum Gasteiger partial charge on any atom is 0.245 e. The number of piperazine rings is 1. The van der Waals surface area contributed by atoms with Crippen LogP contribution in [0.3, 0.4) is 0 Å². The predicted octanol–water partition coefficient (Wildman–Crippen LogP) is 0.190. The van der Waals surface area contributed by atoms with E-state index in [-0.39, 0.29) is 61.3 Å². The molecular weight excluding hydrogens is 412 g/mol. The van der Waals surface area contributed by atoms with Crippen LogP contribution in [0.5, 0.6) is 0 Å². The number of hydrogen-bond donors (Lipinski definition) is 1. The lowest BCUT2D eigenvalue weighted by Crippen LogP contribution is -2.58. The van der Waals surface area contributed by atoms with Crippen molar-refractivity contribution in [1.82, 2.24) is 20.0 Å². The average Bonchev–Trinajstić information content (AvgIpc) is 3.09. The van der Waals surface area contributed by atoms with Gasteiger partial charge in [-0.05, 0) is 11.5 Å². The van der Waals surface area contributed by atoms with Gasteiger partial charge in [-0.2, -0.15) is 0 Å². The highest BCUT2D eigenvalue weighted by Gasteiger charge is 2.34. The zero-order chi connectivity index (χ0) is 23.3. The molecule has 1 aromatic carbocycles. The zero-order valence-corrected chi connectivity index (χ0v) is 18.6. The van der Waals surface area contributed by atoms with Crippen LogP contribution in [0.4, 0.5) is 0 Å². The number of likely N-dealkylation sites (tertiary alicyclic amines) is 1. The molecule has 1 atom stereocenters. The third-order valence-electron chi connectivity index (χ3n) is 5.85. The third kappa shape index (κ3) is 5.72. The predicted molar refractivity (Wildman–Crippen MR) is 116 cm³/mol. The van der Waals surface area contributed by atoms with Gasteiger partial charge in [0.15, 0.2) is 0 Å². The maximum atomic E-state index is 13.1. The van der Waals surface area contributed by atoms with Crippen molar-refractivity contribution < 1.29 is 24.0 Å². The molecule has 1 N–H and O–H groups in total. The number of nitrogens with one attached hydrogen (secondary N) is 1. The molecule has 2 aliphatic heterocycles. The molecule has 2 saturated heterocycles. The van der Waals surface area contributed by atoms with Crippen molar-refractivity contribution in [3.63, 3.8) is 0 Å². The van der Waals surface area contributed by atoms with Gasteiger partial charge in [0.1, 0.15) is 12.6 Å². The quantitative estimate of drug-likeness (QED) is 0.607. The van der Waals surface area contributed by atoms with Crippen LogP contribution in [0, 0.1) is 5.92 Å². The molecule has 1 unspecified atom stereocenters. The largest absolute Gasteiger partial charge is 0.344 e. The number of rotatable bonds is 7. The van der Waals surface area contributed by atoms with Gasteiger partial charge in [-0.1, -0.05) is 44.2 Å². The van der Waals surface area contributed by atoms with Crippen LogP contribution in [-0.4, -0.2) is 83.0 Å². The van der Waals surface area contributed by atoms with Gasteiger partial charge in [-0.25, -0.2) is 0 Å². The molecule has 32 heavy (non-hydrogen) atoms. The summed E-state index contributed by atoms with van der Waals surface area (Å²) in [4.78, 5) is 65.8. The normalized spacial score (nSPS) is 17.7. The number of amides is 5. The second kappa shape index (κ2) is 10.4. The first-order valence-electron chi connectivity index (χ1n) is 11.0. The summed E-state index contributed by atoms with van der Waals surface area (Å²) in [5.41, 5.74) is 0.877. The zero-order valence-electron chi connectivity index (χ0n) is 18.6. The molecule has 0 radical (unpaired) electrons. The molecule has 9 nitrogen and oxygen atoms in total. The average molecular weight is 443 g/mol. The summed E-state index contributed by atoms with van der Waals surface area (Å²) < 4.78 is 0. The fraction of sp³-hybridized carbons (Fsp3) is 0.522. The molecule has 0 saturated carbocycles. The van der Waals surface area contributed by atoms with Crippen molar-refractivity contribution in [2.75, 3.05) is 32.7 Å². The molecule has 2 fully saturated rings. The van der Waals surface area contributed by atoms with Gasteiger partial charge in [-0.15, -0.1) is 0 Å². The standard InChI is InChI=1S/C23H30N4O5/c1-16(2)22(24-18(28)14-17-6-4-3-5-7-17)23(32)26-12-10-25(11-13-26)21(31)15-27-19(29)8-9-20(27)30/h3-7,16,22H,8-15H2,1-2H3,(H,24,28). The van der Waals surface area contributed by atoms with E-state index in [4.69, 9.17) is 0 Å². The molecule has 5 amide bonds. The lowest BCUT2D eigenvalue weighted by Gasteiger charge is -2.37. The fourth-order valence-electron chi connectivity index (χ4n) is 3.93. The minimum absolute atomic E-state index is 0.0888.